The highest BCUT2D eigenvalue weighted by molar-refractivity contribution is 5.77. The maximum atomic E-state index is 5.69. The fourth-order valence-corrected chi connectivity index (χ4v) is 1.63. The Morgan fingerprint density at radius 2 is 1.76 bits per heavy atom. The van der Waals surface area contributed by atoms with E-state index in [1.165, 1.54) is 0 Å². The molecule has 0 aliphatic heterocycles. The van der Waals surface area contributed by atoms with Gasteiger partial charge in [0.1, 0.15) is 17.2 Å². The molecule has 0 aliphatic rings. The first-order chi connectivity index (χ1) is 10.2. The van der Waals surface area contributed by atoms with E-state index in [1.807, 2.05) is 12.1 Å². The molecule has 0 bridgehead atoms. The van der Waals surface area contributed by atoms with Gasteiger partial charge in [-0.15, -0.1) is 0 Å². The van der Waals surface area contributed by atoms with Crippen LogP contribution in [-0.4, -0.2) is 39.9 Å². The summed E-state index contributed by atoms with van der Waals surface area (Å²) in [5, 5.41) is 3.05. The molecule has 1 aromatic rings. The number of nitrogens with zero attached hydrogens (tertiary/aromatic N) is 1. The molecular weight excluding hydrogens is 270 g/mol. The predicted molar refractivity (Wildman–Crippen MR) is 84.4 cm³/mol. The maximum Gasteiger partial charge on any atom is 0.188 e. The largest absolute Gasteiger partial charge is 0.496 e. The zero-order valence-electron chi connectivity index (χ0n) is 13.0. The number of hydrogen-bond acceptors (Lipinski definition) is 4. The molecule has 0 fully saturated rings. The molecule has 0 aliphatic carbocycles. The van der Waals surface area contributed by atoms with Crippen molar-refractivity contribution >= 4 is 5.96 Å². The van der Waals surface area contributed by atoms with Gasteiger partial charge < -0.3 is 25.3 Å². The molecule has 0 radical (unpaired) electrons. The van der Waals surface area contributed by atoms with Crippen LogP contribution >= 0.6 is 0 Å². The maximum absolute atomic E-state index is 5.69. The topological polar surface area (TPSA) is 78.1 Å². The van der Waals surface area contributed by atoms with E-state index in [2.05, 4.69) is 17.2 Å². The SMILES string of the molecule is CCCN=C(N)NCCCOc1cc(OC)cc(OC)c1. The van der Waals surface area contributed by atoms with E-state index in [9.17, 15) is 0 Å². The van der Waals surface area contributed by atoms with Gasteiger partial charge in [0.2, 0.25) is 0 Å². The molecule has 0 unspecified atom stereocenters. The summed E-state index contributed by atoms with van der Waals surface area (Å²) >= 11 is 0. The highest BCUT2D eigenvalue weighted by Crippen LogP contribution is 2.27. The molecule has 6 heteroatoms. The summed E-state index contributed by atoms with van der Waals surface area (Å²) < 4.78 is 16.1. The Morgan fingerprint density at radius 1 is 1.14 bits per heavy atom. The number of nitrogens with two attached hydrogens (primary N) is 1. The van der Waals surface area contributed by atoms with E-state index in [0.717, 1.165) is 31.7 Å². The van der Waals surface area contributed by atoms with Crippen molar-refractivity contribution in [1.29, 1.82) is 0 Å². The average Bonchev–Trinajstić information content (AvgIpc) is 2.52. The molecule has 0 heterocycles. The molecule has 0 saturated carbocycles. The van der Waals surface area contributed by atoms with Crippen LogP contribution in [0.25, 0.3) is 0 Å². The third-order valence-corrected chi connectivity index (χ3v) is 2.73. The Balaban J connectivity index is 2.32. The van der Waals surface area contributed by atoms with Gasteiger partial charge >= 0.3 is 0 Å². The molecule has 1 aromatic carbocycles. The lowest BCUT2D eigenvalue weighted by Gasteiger charge is -2.10. The van der Waals surface area contributed by atoms with Gasteiger partial charge in [-0.1, -0.05) is 6.92 Å². The standard InChI is InChI=1S/C15H25N3O3/c1-4-6-17-15(16)18-7-5-8-21-14-10-12(19-2)9-13(11-14)20-3/h9-11H,4-8H2,1-3H3,(H3,16,17,18). The van der Waals surface area contributed by atoms with Crippen LogP contribution in [0, 0.1) is 0 Å². The van der Waals surface area contributed by atoms with Crippen molar-refractivity contribution in [2.75, 3.05) is 33.9 Å². The molecule has 0 amide bonds. The summed E-state index contributed by atoms with van der Waals surface area (Å²) in [4.78, 5) is 4.15. The lowest BCUT2D eigenvalue weighted by molar-refractivity contribution is 0.305. The van der Waals surface area contributed by atoms with Gasteiger partial charge in [-0.25, -0.2) is 0 Å². The Kier molecular flexibility index (Phi) is 7.86. The molecule has 0 aromatic heterocycles. The van der Waals surface area contributed by atoms with Crippen LogP contribution in [0.15, 0.2) is 23.2 Å². The van der Waals surface area contributed by atoms with E-state index >= 15 is 0 Å². The summed E-state index contributed by atoms with van der Waals surface area (Å²) in [6.45, 7) is 4.11. The molecule has 118 valence electrons. The quantitative estimate of drug-likeness (QED) is 0.412. The van der Waals surface area contributed by atoms with Crippen molar-refractivity contribution < 1.29 is 14.2 Å². The Bertz CT molecular complexity index is 428. The molecule has 0 saturated heterocycles. The van der Waals surface area contributed by atoms with Crippen molar-refractivity contribution in [3.05, 3.63) is 18.2 Å². The molecule has 0 spiro atoms. The Hall–Kier alpha value is -2.11. The number of benzene rings is 1. The molecule has 6 nitrogen and oxygen atoms in total. The van der Waals surface area contributed by atoms with Crippen molar-refractivity contribution in [2.24, 2.45) is 10.7 Å². The van der Waals surface area contributed by atoms with Crippen LogP contribution in [0.4, 0.5) is 0 Å². The van der Waals surface area contributed by atoms with Crippen LogP contribution in [0.2, 0.25) is 0 Å². The summed E-state index contributed by atoms with van der Waals surface area (Å²) in [7, 11) is 3.22. The van der Waals surface area contributed by atoms with Gasteiger partial charge in [-0.3, -0.25) is 4.99 Å². The predicted octanol–water partition coefficient (Wildman–Crippen LogP) is 1.79. The van der Waals surface area contributed by atoms with Gasteiger partial charge in [0.25, 0.3) is 0 Å². The molecule has 0 atom stereocenters. The third-order valence-electron chi connectivity index (χ3n) is 2.73. The molecule has 1 rings (SSSR count). The van der Waals surface area contributed by atoms with E-state index in [4.69, 9.17) is 19.9 Å². The minimum atomic E-state index is 0.486. The highest BCUT2D eigenvalue weighted by atomic mass is 16.5. The van der Waals surface area contributed by atoms with Gasteiger partial charge in [-0.05, 0) is 12.8 Å². The van der Waals surface area contributed by atoms with Gasteiger partial charge in [0.15, 0.2) is 5.96 Å². The van der Waals surface area contributed by atoms with Crippen LogP contribution in [0.5, 0.6) is 17.2 Å². The summed E-state index contributed by atoms with van der Waals surface area (Å²) in [5.74, 6) is 2.62. The number of rotatable bonds is 9. The number of ether oxygens (including phenoxy) is 3. The second kappa shape index (κ2) is 9.74. The first-order valence-corrected chi connectivity index (χ1v) is 7.09. The highest BCUT2D eigenvalue weighted by Gasteiger charge is 2.02. The monoisotopic (exact) mass is 295 g/mol. The fourth-order valence-electron chi connectivity index (χ4n) is 1.63. The van der Waals surface area contributed by atoms with E-state index in [1.54, 1.807) is 20.3 Å². The minimum Gasteiger partial charge on any atom is -0.496 e. The van der Waals surface area contributed by atoms with E-state index < -0.39 is 0 Å². The minimum absolute atomic E-state index is 0.486. The number of nitrogens with one attached hydrogen (secondary N) is 1. The second-order valence-corrected chi connectivity index (χ2v) is 4.44. The number of aliphatic imine (C=N–C) groups is 1. The van der Waals surface area contributed by atoms with Crippen LogP contribution in [-0.2, 0) is 0 Å². The van der Waals surface area contributed by atoms with E-state index in [-0.39, 0.29) is 0 Å². The lowest BCUT2D eigenvalue weighted by Crippen LogP contribution is -2.33. The molecule has 3 N–H and O–H groups in total. The van der Waals surface area contributed by atoms with Crippen molar-refractivity contribution in [3.8, 4) is 17.2 Å². The van der Waals surface area contributed by atoms with Crippen molar-refractivity contribution in [2.45, 2.75) is 19.8 Å². The summed E-state index contributed by atoms with van der Waals surface area (Å²) in [5.41, 5.74) is 5.69. The van der Waals surface area contributed by atoms with Crippen molar-refractivity contribution in [3.63, 3.8) is 0 Å². The number of hydrogen-bond donors (Lipinski definition) is 2. The average molecular weight is 295 g/mol. The lowest BCUT2D eigenvalue weighted by atomic mass is 10.3. The van der Waals surface area contributed by atoms with Crippen LogP contribution < -0.4 is 25.3 Å². The Morgan fingerprint density at radius 3 is 2.33 bits per heavy atom. The summed E-state index contributed by atoms with van der Waals surface area (Å²) in [6, 6.07) is 5.46. The van der Waals surface area contributed by atoms with Crippen LogP contribution in [0.3, 0.4) is 0 Å². The van der Waals surface area contributed by atoms with Crippen molar-refractivity contribution in [1.82, 2.24) is 5.32 Å². The number of guanidine groups is 1. The zero-order chi connectivity index (χ0) is 15.5. The Labute approximate surface area is 126 Å². The second-order valence-electron chi connectivity index (χ2n) is 4.44. The van der Waals surface area contributed by atoms with Gasteiger partial charge in [-0.2, -0.15) is 0 Å². The summed E-state index contributed by atoms with van der Waals surface area (Å²) in [6.07, 6.45) is 1.81. The molecule has 21 heavy (non-hydrogen) atoms. The molecular formula is C15H25N3O3. The smallest absolute Gasteiger partial charge is 0.188 e. The number of methoxy groups -OCH3 is 2. The first-order valence-electron chi connectivity index (χ1n) is 7.09. The van der Waals surface area contributed by atoms with Crippen LogP contribution in [0.1, 0.15) is 19.8 Å². The normalized spacial score (nSPS) is 11.1. The fraction of sp³-hybridized carbons (Fsp3) is 0.533. The first kappa shape index (κ1) is 16.9. The van der Waals surface area contributed by atoms with Gasteiger partial charge in [0, 0.05) is 31.3 Å². The zero-order valence-corrected chi connectivity index (χ0v) is 13.0. The van der Waals surface area contributed by atoms with E-state index in [0.29, 0.717) is 24.1 Å². The third kappa shape index (κ3) is 6.74. The van der Waals surface area contributed by atoms with Gasteiger partial charge in [0.05, 0.1) is 20.8 Å².